The van der Waals surface area contributed by atoms with Crippen LogP contribution in [0.4, 0.5) is 24.5 Å². The van der Waals surface area contributed by atoms with Crippen LogP contribution in [0.25, 0.3) is 0 Å². The average Bonchev–Trinajstić information content (AvgIpc) is 2.86. The lowest BCUT2D eigenvalue weighted by molar-refractivity contribution is -0.137. The largest absolute Gasteiger partial charge is 0.493 e. The van der Waals surface area contributed by atoms with Gasteiger partial charge in [-0.2, -0.15) is 13.2 Å². The van der Waals surface area contributed by atoms with Gasteiger partial charge < -0.3 is 14.8 Å². The predicted octanol–water partition coefficient (Wildman–Crippen LogP) is 5.12. The number of alkyl halides is 3. The second-order valence-electron chi connectivity index (χ2n) is 7.64. The van der Waals surface area contributed by atoms with E-state index in [0.717, 1.165) is 17.7 Å². The van der Waals surface area contributed by atoms with Crippen molar-refractivity contribution in [2.75, 3.05) is 30.4 Å². The van der Waals surface area contributed by atoms with Crippen molar-refractivity contribution in [3.63, 3.8) is 0 Å². The third kappa shape index (κ3) is 5.91. The number of sulfonamides is 1. The van der Waals surface area contributed by atoms with Crippen LogP contribution in [-0.2, 0) is 27.4 Å². The van der Waals surface area contributed by atoms with Crippen molar-refractivity contribution < 1.29 is 35.9 Å². The van der Waals surface area contributed by atoms with E-state index in [1.165, 1.54) is 38.5 Å². The number of hydrogen-bond acceptors (Lipinski definition) is 5. The molecule has 0 saturated carbocycles. The molecule has 192 valence electrons. The molecule has 1 amide bonds. The summed E-state index contributed by atoms with van der Waals surface area (Å²) in [6.07, 6.45) is -4.10. The van der Waals surface area contributed by atoms with Crippen molar-refractivity contribution in [1.29, 1.82) is 0 Å². The van der Waals surface area contributed by atoms with Crippen LogP contribution in [0.5, 0.6) is 11.5 Å². The molecule has 0 aliphatic carbocycles. The second-order valence-corrected chi connectivity index (χ2v) is 9.50. The summed E-state index contributed by atoms with van der Waals surface area (Å²) in [4.78, 5) is 12.7. The first-order valence-electron chi connectivity index (χ1n) is 10.8. The summed E-state index contributed by atoms with van der Waals surface area (Å²) in [5.74, 6) is -0.364. The fourth-order valence-electron chi connectivity index (χ4n) is 3.53. The van der Waals surface area contributed by atoms with E-state index in [0.29, 0.717) is 22.5 Å². The molecule has 0 atom stereocenters. The van der Waals surface area contributed by atoms with Gasteiger partial charge in [0.1, 0.15) is 6.54 Å². The van der Waals surface area contributed by atoms with Crippen LogP contribution in [0.3, 0.4) is 0 Å². The van der Waals surface area contributed by atoms with E-state index in [1.54, 1.807) is 24.3 Å². The fraction of sp³-hybridized carbons (Fsp3) is 0.240. The maximum absolute atomic E-state index is 13.6. The molecule has 36 heavy (non-hydrogen) atoms. The highest BCUT2D eigenvalue weighted by molar-refractivity contribution is 7.92. The first-order chi connectivity index (χ1) is 17.0. The number of halogens is 3. The average molecular weight is 523 g/mol. The molecule has 1 N–H and O–H groups in total. The molecule has 11 heteroatoms. The van der Waals surface area contributed by atoms with Gasteiger partial charge in [-0.3, -0.25) is 9.10 Å². The number of carbonyl (C=O) groups excluding carboxylic acids is 1. The van der Waals surface area contributed by atoms with Gasteiger partial charge in [-0.05, 0) is 48.4 Å². The first-order valence-corrected chi connectivity index (χ1v) is 12.2. The Morgan fingerprint density at radius 1 is 0.944 bits per heavy atom. The Morgan fingerprint density at radius 2 is 1.64 bits per heavy atom. The SMILES string of the molecule is CCc1ccccc1NC(=O)CN(c1cccc(C(F)(F)F)c1)S(=O)(=O)c1ccc(OC)c(OC)c1. The van der Waals surface area contributed by atoms with Gasteiger partial charge >= 0.3 is 6.18 Å². The van der Waals surface area contributed by atoms with Gasteiger partial charge in [-0.15, -0.1) is 0 Å². The van der Waals surface area contributed by atoms with E-state index in [-0.39, 0.29) is 22.1 Å². The molecule has 0 saturated heterocycles. The molecule has 0 radical (unpaired) electrons. The van der Waals surface area contributed by atoms with Crippen molar-refractivity contribution in [3.05, 3.63) is 77.9 Å². The van der Waals surface area contributed by atoms with E-state index in [9.17, 15) is 26.4 Å². The Balaban J connectivity index is 2.07. The smallest absolute Gasteiger partial charge is 0.416 e. The maximum atomic E-state index is 13.6. The normalized spacial score (nSPS) is 11.6. The fourth-order valence-corrected chi connectivity index (χ4v) is 4.96. The van der Waals surface area contributed by atoms with E-state index in [1.807, 2.05) is 6.92 Å². The highest BCUT2D eigenvalue weighted by Crippen LogP contribution is 2.35. The lowest BCUT2D eigenvalue weighted by Crippen LogP contribution is -2.38. The van der Waals surface area contributed by atoms with Crippen molar-refractivity contribution in [2.45, 2.75) is 24.4 Å². The summed E-state index contributed by atoms with van der Waals surface area (Å²) in [6.45, 7) is 1.12. The molecular weight excluding hydrogens is 497 g/mol. The van der Waals surface area contributed by atoms with Gasteiger partial charge in [0, 0.05) is 11.8 Å². The number of nitrogens with zero attached hydrogens (tertiary/aromatic N) is 1. The second kappa shape index (κ2) is 10.9. The van der Waals surface area contributed by atoms with Crippen LogP contribution in [0.2, 0.25) is 0 Å². The highest BCUT2D eigenvalue weighted by Gasteiger charge is 2.33. The van der Waals surface area contributed by atoms with Crippen molar-refractivity contribution in [3.8, 4) is 11.5 Å². The van der Waals surface area contributed by atoms with Gasteiger partial charge in [0.05, 0.1) is 30.4 Å². The molecule has 0 aromatic heterocycles. The number of anilines is 2. The third-order valence-corrected chi connectivity index (χ3v) is 7.13. The third-order valence-electron chi connectivity index (χ3n) is 5.36. The Labute approximate surface area is 207 Å². The minimum atomic E-state index is -4.71. The predicted molar refractivity (Wildman–Crippen MR) is 130 cm³/mol. The van der Waals surface area contributed by atoms with Crippen LogP contribution < -0.4 is 19.1 Å². The molecule has 0 aliphatic heterocycles. The van der Waals surface area contributed by atoms with Gasteiger partial charge in [0.2, 0.25) is 5.91 Å². The van der Waals surface area contributed by atoms with E-state index < -0.39 is 34.2 Å². The van der Waals surface area contributed by atoms with Gasteiger partial charge in [0.15, 0.2) is 11.5 Å². The number of carbonyl (C=O) groups is 1. The van der Waals surface area contributed by atoms with Gasteiger partial charge in [-0.1, -0.05) is 31.2 Å². The Hall–Kier alpha value is -3.73. The molecule has 0 bridgehead atoms. The Kier molecular flexibility index (Phi) is 8.13. The van der Waals surface area contributed by atoms with Crippen molar-refractivity contribution >= 4 is 27.3 Å². The number of nitrogens with one attached hydrogen (secondary N) is 1. The molecule has 3 aromatic rings. The van der Waals surface area contributed by atoms with Crippen molar-refractivity contribution in [2.24, 2.45) is 0 Å². The number of amides is 1. The first kappa shape index (κ1) is 26.9. The van der Waals surface area contributed by atoms with E-state index in [4.69, 9.17) is 9.47 Å². The lowest BCUT2D eigenvalue weighted by Gasteiger charge is -2.25. The summed E-state index contributed by atoms with van der Waals surface area (Å²) < 4.78 is 78.4. The summed E-state index contributed by atoms with van der Waals surface area (Å²) in [6, 6.07) is 14.5. The summed E-state index contributed by atoms with van der Waals surface area (Å²) in [7, 11) is -1.82. The standard InChI is InChI=1S/C25H25F3N2O5S/c1-4-17-8-5-6-11-21(17)29-24(31)16-30(19-10-7-9-18(14-19)25(26,27)28)36(32,33)20-12-13-22(34-2)23(15-20)35-3/h5-15H,4,16H2,1-3H3,(H,29,31). The number of methoxy groups -OCH3 is 2. The minimum absolute atomic E-state index is 0.101. The zero-order valence-corrected chi connectivity index (χ0v) is 20.6. The van der Waals surface area contributed by atoms with Crippen LogP contribution in [0.1, 0.15) is 18.1 Å². The highest BCUT2D eigenvalue weighted by atomic mass is 32.2. The van der Waals surface area contributed by atoms with Gasteiger partial charge in [-0.25, -0.2) is 8.42 Å². The number of benzene rings is 3. The monoisotopic (exact) mass is 522 g/mol. The van der Waals surface area contributed by atoms with Crippen LogP contribution in [-0.4, -0.2) is 35.1 Å². The topological polar surface area (TPSA) is 84.9 Å². The minimum Gasteiger partial charge on any atom is -0.493 e. The van der Waals surface area contributed by atoms with E-state index in [2.05, 4.69) is 5.32 Å². The molecular formula is C25H25F3N2O5S. The quantitative estimate of drug-likeness (QED) is 0.422. The zero-order valence-electron chi connectivity index (χ0n) is 19.8. The molecule has 0 heterocycles. The van der Waals surface area contributed by atoms with Crippen LogP contribution in [0.15, 0.2) is 71.6 Å². The molecule has 0 spiro atoms. The molecule has 3 aromatic carbocycles. The summed E-state index contributed by atoms with van der Waals surface area (Å²) in [5, 5.41) is 2.66. The zero-order chi connectivity index (χ0) is 26.5. The molecule has 3 rings (SSSR count). The Bertz CT molecular complexity index is 1340. The number of hydrogen-bond donors (Lipinski definition) is 1. The van der Waals surface area contributed by atoms with Crippen molar-refractivity contribution in [1.82, 2.24) is 0 Å². The summed E-state index contributed by atoms with van der Waals surface area (Å²) in [5.41, 5.74) is -0.0699. The van der Waals surface area contributed by atoms with E-state index >= 15 is 0 Å². The lowest BCUT2D eigenvalue weighted by atomic mass is 10.1. The number of aryl methyl sites for hydroxylation is 1. The molecule has 0 fully saturated rings. The molecule has 7 nitrogen and oxygen atoms in total. The van der Waals surface area contributed by atoms with Crippen LogP contribution in [0, 0.1) is 0 Å². The van der Waals surface area contributed by atoms with Crippen LogP contribution >= 0.6 is 0 Å². The summed E-state index contributed by atoms with van der Waals surface area (Å²) >= 11 is 0. The molecule has 0 aliphatic rings. The Morgan fingerprint density at radius 3 is 2.28 bits per heavy atom. The number of rotatable bonds is 9. The number of ether oxygens (including phenoxy) is 2. The number of para-hydroxylation sites is 1. The molecule has 0 unspecified atom stereocenters. The van der Waals surface area contributed by atoms with Gasteiger partial charge in [0.25, 0.3) is 10.0 Å². The maximum Gasteiger partial charge on any atom is 0.416 e.